The van der Waals surface area contributed by atoms with Gasteiger partial charge in [-0.05, 0) is 31.9 Å². The Kier molecular flexibility index (Phi) is 2.26. The van der Waals surface area contributed by atoms with E-state index in [1.807, 2.05) is 18.3 Å². The number of rotatable bonds is 2. The van der Waals surface area contributed by atoms with Gasteiger partial charge in [-0.25, -0.2) is 9.50 Å². The lowest BCUT2D eigenvalue weighted by molar-refractivity contribution is 0.318. The van der Waals surface area contributed by atoms with Crippen molar-refractivity contribution in [2.24, 2.45) is 0 Å². The topological polar surface area (TPSA) is 45.5 Å². The summed E-state index contributed by atoms with van der Waals surface area (Å²) in [6, 6.07) is 5.22. The van der Waals surface area contributed by atoms with Gasteiger partial charge in [0.25, 0.3) is 0 Å². The molecule has 4 heterocycles. The normalized spacial score (nSPS) is 27.8. The lowest BCUT2D eigenvalue weighted by Gasteiger charge is -2.21. The van der Waals surface area contributed by atoms with Crippen molar-refractivity contribution in [3.63, 3.8) is 0 Å². The molecule has 2 aliphatic rings. The van der Waals surface area contributed by atoms with Gasteiger partial charge in [0.15, 0.2) is 5.65 Å². The van der Waals surface area contributed by atoms with Crippen LogP contribution in [-0.4, -0.2) is 44.7 Å². The van der Waals surface area contributed by atoms with Crippen molar-refractivity contribution in [2.75, 3.05) is 18.4 Å². The first-order valence-electron chi connectivity index (χ1n) is 6.71. The molecule has 18 heavy (non-hydrogen) atoms. The standard InChI is InChI=1S/C13H17N5/c1-2-11-10(4-8-17(11)7-1)15-12-5-9-18-13(16-12)3-6-14-18/h3,5-6,9-11H,1-2,4,7-8H2,(H,15,16). The Morgan fingerprint density at radius 3 is 3.22 bits per heavy atom. The number of fused-ring (bicyclic) bond motifs is 2. The lowest BCUT2D eigenvalue weighted by Crippen LogP contribution is -2.34. The average molecular weight is 243 g/mol. The molecule has 2 aromatic heterocycles. The van der Waals surface area contributed by atoms with E-state index in [1.165, 1.54) is 32.4 Å². The van der Waals surface area contributed by atoms with Gasteiger partial charge in [-0.1, -0.05) is 0 Å². The average Bonchev–Trinajstić information content (AvgIpc) is 3.06. The van der Waals surface area contributed by atoms with Crippen LogP contribution in [0.1, 0.15) is 19.3 Å². The first-order chi connectivity index (χ1) is 8.90. The third-order valence-corrected chi connectivity index (χ3v) is 4.20. The van der Waals surface area contributed by atoms with Crippen LogP contribution in [0.2, 0.25) is 0 Å². The molecule has 0 aromatic carbocycles. The second-order valence-corrected chi connectivity index (χ2v) is 5.23. The van der Waals surface area contributed by atoms with E-state index in [-0.39, 0.29) is 0 Å². The fourth-order valence-electron chi connectivity index (χ4n) is 3.33. The van der Waals surface area contributed by atoms with Crippen LogP contribution in [0.3, 0.4) is 0 Å². The molecular formula is C13H17N5. The van der Waals surface area contributed by atoms with Gasteiger partial charge in [0.1, 0.15) is 5.82 Å². The highest BCUT2D eigenvalue weighted by atomic mass is 15.3. The number of anilines is 1. The Morgan fingerprint density at radius 2 is 2.22 bits per heavy atom. The van der Waals surface area contributed by atoms with E-state index in [4.69, 9.17) is 0 Å². The summed E-state index contributed by atoms with van der Waals surface area (Å²) in [4.78, 5) is 7.19. The van der Waals surface area contributed by atoms with Gasteiger partial charge in [0.05, 0.1) is 6.20 Å². The van der Waals surface area contributed by atoms with Crippen LogP contribution in [-0.2, 0) is 0 Å². The van der Waals surface area contributed by atoms with Crippen LogP contribution in [0.4, 0.5) is 5.82 Å². The van der Waals surface area contributed by atoms with Crippen molar-refractivity contribution < 1.29 is 0 Å². The van der Waals surface area contributed by atoms with E-state index in [1.54, 1.807) is 10.7 Å². The Labute approximate surface area is 106 Å². The fourth-order valence-corrected chi connectivity index (χ4v) is 3.33. The first kappa shape index (κ1) is 10.3. The van der Waals surface area contributed by atoms with Crippen LogP contribution >= 0.6 is 0 Å². The summed E-state index contributed by atoms with van der Waals surface area (Å²) in [5, 5.41) is 7.76. The molecule has 0 radical (unpaired) electrons. The lowest BCUT2D eigenvalue weighted by atomic mass is 10.1. The molecule has 2 fully saturated rings. The molecule has 0 saturated carbocycles. The zero-order valence-corrected chi connectivity index (χ0v) is 10.3. The summed E-state index contributed by atoms with van der Waals surface area (Å²) in [6.07, 6.45) is 7.65. The number of nitrogens with zero attached hydrogens (tertiary/aromatic N) is 4. The number of hydrogen-bond donors (Lipinski definition) is 1. The van der Waals surface area contributed by atoms with E-state index in [0.29, 0.717) is 12.1 Å². The highest BCUT2D eigenvalue weighted by molar-refractivity contribution is 5.46. The summed E-state index contributed by atoms with van der Waals surface area (Å²) in [5.41, 5.74) is 0.904. The van der Waals surface area contributed by atoms with Crippen molar-refractivity contribution in [2.45, 2.75) is 31.3 Å². The van der Waals surface area contributed by atoms with Gasteiger partial charge in [-0.2, -0.15) is 5.10 Å². The van der Waals surface area contributed by atoms with Crippen molar-refractivity contribution in [1.29, 1.82) is 0 Å². The first-order valence-corrected chi connectivity index (χ1v) is 6.71. The summed E-state index contributed by atoms with van der Waals surface area (Å²) < 4.78 is 1.79. The highest BCUT2D eigenvalue weighted by Crippen LogP contribution is 2.29. The largest absolute Gasteiger partial charge is 0.366 e. The van der Waals surface area contributed by atoms with E-state index >= 15 is 0 Å². The molecule has 2 aromatic rings. The van der Waals surface area contributed by atoms with Crippen molar-refractivity contribution >= 4 is 11.5 Å². The third kappa shape index (κ3) is 1.58. The fraction of sp³-hybridized carbons (Fsp3) is 0.538. The molecule has 0 amide bonds. The maximum absolute atomic E-state index is 4.58. The summed E-state index contributed by atoms with van der Waals surface area (Å²) in [7, 11) is 0. The summed E-state index contributed by atoms with van der Waals surface area (Å²) >= 11 is 0. The minimum Gasteiger partial charge on any atom is -0.366 e. The predicted octanol–water partition coefficient (Wildman–Crippen LogP) is 1.38. The summed E-state index contributed by atoms with van der Waals surface area (Å²) in [6.45, 7) is 2.51. The van der Waals surface area contributed by atoms with Crippen LogP contribution < -0.4 is 5.32 Å². The molecule has 5 heteroatoms. The second-order valence-electron chi connectivity index (χ2n) is 5.23. The van der Waals surface area contributed by atoms with Gasteiger partial charge < -0.3 is 5.32 Å². The minimum absolute atomic E-state index is 0.561. The minimum atomic E-state index is 0.561. The second kappa shape index (κ2) is 3.95. The molecule has 2 atom stereocenters. The molecule has 2 saturated heterocycles. The van der Waals surface area contributed by atoms with Crippen LogP contribution in [0.5, 0.6) is 0 Å². The van der Waals surface area contributed by atoms with Crippen LogP contribution in [0, 0.1) is 0 Å². The van der Waals surface area contributed by atoms with Crippen LogP contribution in [0.15, 0.2) is 24.5 Å². The van der Waals surface area contributed by atoms with Crippen molar-refractivity contribution in [1.82, 2.24) is 19.5 Å². The molecule has 94 valence electrons. The van der Waals surface area contributed by atoms with Crippen molar-refractivity contribution in [3.8, 4) is 0 Å². The zero-order valence-electron chi connectivity index (χ0n) is 10.3. The van der Waals surface area contributed by atoms with Gasteiger partial charge in [0, 0.05) is 30.9 Å². The molecule has 1 N–H and O–H groups in total. The maximum Gasteiger partial charge on any atom is 0.157 e. The number of nitrogens with one attached hydrogen (secondary N) is 1. The maximum atomic E-state index is 4.58. The Balaban J connectivity index is 1.56. The SMILES string of the molecule is c1cc2nc(NC3CCN4CCCC34)ccn2n1. The molecule has 5 nitrogen and oxygen atoms in total. The van der Waals surface area contributed by atoms with E-state index in [2.05, 4.69) is 20.3 Å². The molecule has 2 unspecified atom stereocenters. The van der Waals surface area contributed by atoms with E-state index in [0.717, 1.165) is 11.5 Å². The summed E-state index contributed by atoms with van der Waals surface area (Å²) in [5.74, 6) is 0.974. The van der Waals surface area contributed by atoms with Gasteiger partial charge in [-0.3, -0.25) is 4.90 Å². The molecule has 2 aliphatic heterocycles. The monoisotopic (exact) mass is 243 g/mol. The molecule has 0 spiro atoms. The molecule has 0 bridgehead atoms. The smallest absolute Gasteiger partial charge is 0.157 e. The van der Waals surface area contributed by atoms with Crippen LogP contribution in [0.25, 0.3) is 5.65 Å². The number of hydrogen-bond acceptors (Lipinski definition) is 4. The van der Waals surface area contributed by atoms with Gasteiger partial charge in [0.2, 0.25) is 0 Å². The highest BCUT2D eigenvalue weighted by Gasteiger charge is 2.37. The number of aromatic nitrogens is 3. The van der Waals surface area contributed by atoms with Crippen molar-refractivity contribution in [3.05, 3.63) is 24.5 Å². The predicted molar refractivity (Wildman–Crippen MR) is 69.6 cm³/mol. The van der Waals surface area contributed by atoms with E-state index < -0.39 is 0 Å². The zero-order chi connectivity index (χ0) is 11.9. The Hall–Kier alpha value is -1.62. The molecular weight excluding hydrogens is 226 g/mol. The quantitative estimate of drug-likeness (QED) is 0.865. The third-order valence-electron chi connectivity index (χ3n) is 4.20. The van der Waals surface area contributed by atoms with Gasteiger partial charge in [-0.15, -0.1) is 0 Å². The molecule has 4 rings (SSSR count). The Morgan fingerprint density at radius 1 is 1.22 bits per heavy atom. The molecule has 0 aliphatic carbocycles. The van der Waals surface area contributed by atoms with Gasteiger partial charge >= 0.3 is 0 Å². The Bertz CT molecular complexity index is 563. The van der Waals surface area contributed by atoms with E-state index in [9.17, 15) is 0 Å².